The van der Waals surface area contributed by atoms with E-state index in [0.29, 0.717) is 5.69 Å². The molecule has 0 fully saturated rings. The van der Waals surface area contributed by atoms with Crippen molar-refractivity contribution in [3.63, 3.8) is 0 Å². The molecule has 0 aliphatic rings. The second-order valence-corrected chi connectivity index (χ2v) is 3.10. The molecule has 0 bridgehead atoms. The molecule has 0 aromatic carbocycles. The van der Waals surface area contributed by atoms with Crippen LogP contribution in [0.15, 0.2) is 6.20 Å². The van der Waals surface area contributed by atoms with Gasteiger partial charge in [0.1, 0.15) is 5.69 Å². The van der Waals surface area contributed by atoms with Gasteiger partial charge in [0, 0.05) is 7.05 Å². The highest BCUT2D eigenvalue weighted by Gasteiger charge is 2.17. The molecule has 2 heterocycles. The van der Waals surface area contributed by atoms with Crippen LogP contribution in [-0.2, 0) is 7.05 Å². The normalized spacial score (nSPS) is 10.8. The predicted molar refractivity (Wildman–Crippen MR) is 49.9 cm³/mol. The number of nitrogen functional groups attached to an aromatic ring is 1. The number of nitrogens with one attached hydrogen (secondary N) is 1. The molecule has 74 valence electrons. The second kappa shape index (κ2) is 2.83. The van der Waals surface area contributed by atoms with Crippen molar-refractivity contribution >= 4 is 5.82 Å². The molecule has 0 saturated carbocycles. The Morgan fingerprint density at radius 1 is 1.57 bits per heavy atom. The molecule has 0 saturated heterocycles. The summed E-state index contributed by atoms with van der Waals surface area (Å²) >= 11 is 0. The van der Waals surface area contributed by atoms with Crippen molar-refractivity contribution in [3.8, 4) is 11.4 Å². The van der Waals surface area contributed by atoms with E-state index in [1.807, 2.05) is 6.92 Å². The minimum Gasteiger partial charge on any atom is -0.381 e. The first-order valence-electron chi connectivity index (χ1n) is 4.09. The Morgan fingerprint density at radius 2 is 2.29 bits per heavy atom. The van der Waals surface area contributed by atoms with Crippen LogP contribution in [0.2, 0.25) is 0 Å². The lowest BCUT2D eigenvalue weighted by Gasteiger charge is -1.92. The first-order valence-corrected chi connectivity index (χ1v) is 4.09. The predicted octanol–water partition coefficient (Wildman–Crippen LogP) is 0.840. The lowest BCUT2D eigenvalue weighted by molar-refractivity contribution is 0.633. The van der Waals surface area contributed by atoms with E-state index in [1.54, 1.807) is 13.2 Å². The average Bonchev–Trinajstić information content (AvgIpc) is 2.66. The van der Waals surface area contributed by atoms with Crippen molar-refractivity contribution in [2.75, 3.05) is 5.73 Å². The van der Waals surface area contributed by atoms with Gasteiger partial charge in [-0.25, -0.2) is 9.07 Å². The average molecular weight is 195 g/mol. The third kappa shape index (κ3) is 1.07. The molecule has 2 aromatic heterocycles. The van der Waals surface area contributed by atoms with E-state index in [1.165, 1.54) is 4.68 Å². The van der Waals surface area contributed by atoms with Crippen molar-refractivity contribution in [1.29, 1.82) is 0 Å². The molecule has 0 atom stereocenters. The Morgan fingerprint density at radius 3 is 2.71 bits per heavy atom. The van der Waals surface area contributed by atoms with Gasteiger partial charge in [0.15, 0.2) is 11.6 Å². The summed E-state index contributed by atoms with van der Waals surface area (Å²) in [6.45, 7) is 1.82. The van der Waals surface area contributed by atoms with Gasteiger partial charge in [0.05, 0.1) is 11.9 Å². The van der Waals surface area contributed by atoms with Gasteiger partial charge in [-0.3, -0.25) is 5.10 Å². The number of hydrogen-bond acceptors (Lipinski definition) is 3. The third-order valence-corrected chi connectivity index (χ3v) is 2.10. The Labute approximate surface area is 79.7 Å². The van der Waals surface area contributed by atoms with Crippen molar-refractivity contribution in [2.45, 2.75) is 6.92 Å². The van der Waals surface area contributed by atoms with Crippen molar-refractivity contribution < 1.29 is 4.39 Å². The molecular weight excluding hydrogens is 185 g/mol. The van der Waals surface area contributed by atoms with E-state index < -0.39 is 5.82 Å². The third-order valence-electron chi connectivity index (χ3n) is 2.10. The summed E-state index contributed by atoms with van der Waals surface area (Å²) in [6, 6.07) is 0. The quantitative estimate of drug-likeness (QED) is 0.708. The SMILES string of the molecule is Cc1cn[nH]c1-c1nn(C)c(N)c1F. The number of halogens is 1. The Balaban J connectivity index is 2.63. The largest absolute Gasteiger partial charge is 0.381 e. The van der Waals surface area contributed by atoms with Crippen LogP contribution < -0.4 is 5.73 Å². The van der Waals surface area contributed by atoms with Crippen LogP contribution in [0.1, 0.15) is 5.56 Å². The van der Waals surface area contributed by atoms with E-state index in [4.69, 9.17) is 5.73 Å². The van der Waals surface area contributed by atoms with Crippen molar-refractivity contribution in [1.82, 2.24) is 20.0 Å². The summed E-state index contributed by atoms with van der Waals surface area (Å²) in [6.07, 6.45) is 1.61. The molecule has 0 spiro atoms. The highest BCUT2D eigenvalue weighted by atomic mass is 19.1. The number of rotatable bonds is 1. The van der Waals surface area contributed by atoms with E-state index in [2.05, 4.69) is 15.3 Å². The van der Waals surface area contributed by atoms with Crippen LogP contribution in [0, 0.1) is 12.7 Å². The zero-order chi connectivity index (χ0) is 10.3. The van der Waals surface area contributed by atoms with E-state index in [9.17, 15) is 4.39 Å². The first kappa shape index (κ1) is 8.74. The molecule has 3 N–H and O–H groups in total. The Bertz CT molecular complexity index is 470. The number of H-pyrrole nitrogens is 1. The summed E-state index contributed by atoms with van der Waals surface area (Å²) in [5.41, 5.74) is 7.06. The van der Waals surface area contributed by atoms with Crippen LogP contribution in [-0.4, -0.2) is 20.0 Å². The minimum absolute atomic E-state index is 0.0222. The fourth-order valence-corrected chi connectivity index (χ4v) is 1.26. The molecule has 0 radical (unpaired) electrons. The summed E-state index contributed by atoms with van der Waals surface area (Å²) in [7, 11) is 1.59. The van der Waals surface area contributed by atoms with Gasteiger partial charge in [-0.2, -0.15) is 10.2 Å². The number of nitrogens with two attached hydrogens (primary N) is 1. The van der Waals surface area contributed by atoms with Crippen LogP contribution >= 0.6 is 0 Å². The van der Waals surface area contributed by atoms with Gasteiger partial charge in [-0.15, -0.1) is 0 Å². The number of nitrogens with zero attached hydrogens (tertiary/aromatic N) is 3. The van der Waals surface area contributed by atoms with Gasteiger partial charge in [-0.1, -0.05) is 0 Å². The molecule has 0 amide bonds. The first-order chi connectivity index (χ1) is 6.61. The van der Waals surface area contributed by atoms with Crippen molar-refractivity contribution in [3.05, 3.63) is 17.6 Å². The molecule has 14 heavy (non-hydrogen) atoms. The lowest BCUT2D eigenvalue weighted by Crippen LogP contribution is -1.97. The molecule has 2 rings (SSSR count). The van der Waals surface area contributed by atoms with Crippen LogP contribution in [0.25, 0.3) is 11.4 Å². The number of anilines is 1. The Kier molecular flexibility index (Phi) is 1.77. The number of hydrogen-bond donors (Lipinski definition) is 2. The van der Waals surface area contributed by atoms with Crippen LogP contribution in [0.4, 0.5) is 10.2 Å². The summed E-state index contributed by atoms with van der Waals surface area (Å²) in [5.74, 6) is -0.492. The molecule has 5 nitrogen and oxygen atoms in total. The summed E-state index contributed by atoms with van der Waals surface area (Å²) in [5, 5.41) is 10.4. The Hall–Kier alpha value is -1.85. The zero-order valence-electron chi connectivity index (χ0n) is 7.87. The molecule has 6 heteroatoms. The van der Waals surface area contributed by atoms with Gasteiger partial charge in [0.2, 0.25) is 0 Å². The van der Waals surface area contributed by atoms with E-state index >= 15 is 0 Å². The maximum Gasteiger partial charge on any atom is 0.194 e. The van der Waals surface area contributed by atoms with Crippen molar-refractivity contribution in [2.24, 2.45) is 7.05 Å². The topological polar surface area (TPSA) is 72.5 Å². The summed E-state index contributed by atoms with van der Waals surface area (Å²) < 4.78 is 14.8. The number of aryl methyl sites for hydroxylation is 2. The fourth-order valence-electron chi connectivity index (χ4n) is 1.26. The maximum absolute atomic E-state index is 13.5. The molecule has 0 aliphatic carbocycles. The lowest BCUT2D eigenvalue weighted by atomic mass is 10.2. The van der Waals surface area contributed by atoms with Crippen LogP contribution in [0.5, 0.6) is 0 Å². The molecular formula is C8H10FN5. The van der Waals surface area contributed by atoms with Gasteiger partial charge in [0.25, 0.3) is 0 Å². The van der Waals surface area contributed by atoms with E-state index in [-0.39, 0.29) is 11.5 Å². The second-order valence-electron chi connectivity index (χ2n) is 3.10. The molecule has 0 aliphatic heterocycles. The van der Waals surface area contributed by atoms with Gasteiger partial charge >= 0.3 is 0 Å². The molecule has 0 unspecified atom stereocenters. The fraction of sp³-hybridized carbons (Fsp3) is 0.250. The van der Waals surface area contributed by atoms with E-state index in [0.717, 1.165) is 5.56 Å². The summed E-state index contributed by atoms with van der Waals surface area (Å²) in [4.78, 5) is 0. The van der Waals surface area contributed by atoms with Gasteiger partial charge in [-0.05, 0) is 12.5 Å². The maximum atomic E-state index is 13.5. The standard InChI is InChI=1S/C8H10FN5/c1-4-3-11-12-6(4)7-5(9)8(10)14(2)13-7/h3H,10H2,1-2H3,(H,11,12). The highest BCUT2D eigenvalue weighted by molar-refractivity contribution is 5.62. The zero-order valence-corrected chi connectivity index (χ0v) is 7.87. The van der Waals surface area contributed by atoms with Gasteiger partial charge < -0.3 is 5.73 Å². The minimum atomic E-state index is -0.514. The van der Waals surface area contributed by atoms with Crippen LogP contribution in [0.3, 0.4) is 0 Å². The monoisotopic (exact) mass is 195 g/mol. The molecule has 2 aromatic rings. The highest BCUT2D eigenvalue weighted by Crippen LogP contribution is 2.25. The number of aromatic nitrogens is 4. The smallest absolute Gasteiger partial charge is 0.194 e. The number of aromatic amines is 1.